The van der Waals surface area contributed by atoms with Crippen LogP contribution in [-0.2, 0) is 11.3 Å². The highest BCUT2D eigenvalue weighted by Gasteiger charge is 2.19. The van der Waals surface area contributed by atoms with Crippen LogP contribution in [0.15, 0.2) is 24.3 Å². The molecule has 4 N–H and O–H groups in total. The van der Waals surface area contributed by atoms with Crippen molar-refractivity contribution in [1.82, 2.24) is 10.2 Å². The van der Waals surface area contributed by atoms with Gasteiger partial charge in [0.05, 0.1) is 0 Å². The summed E-state index contributed by atoms with van der Waals surface area (Å²) in [6.07, 6.45) is 8.42. The predicted octanol–water partition coefficient (Wildman–Crippen LogP) is 3.23. The Morgan fingerprint density at radius 3 is 2.62 bits per heavy atom. The van der Waals surface area contributed by atoms with E-state index in [1.165, 1.54) is 32.1 Å². The first kappa shape index (κ1) is 20.2. The van der Waals surface area contributed by atoms with Crippen molar-refractivity contribution >= 4 is 17.6 Å². The summed E-state index contributed by atoms with van der Waals surface area (Å²) >= 11 is 0. The minimum atomic E-state index is -0.523. The molecular weight excluding hydrogens is 328 g/mol. The van der Waals surface area contributed by atoms with Crippen LogP contribution in [0.25, 0.3) is 0 Å². The molecule has 0 unspecified atom stereocenters. The number of nitrogens with zero attached hydrogens (tertiary/aromatic N) is 1. The topological polar surface area (TPSA) is 87.5 Å². The Morgan fingerprint density at radius 2 is 1.88 bits per heavy atom. The van der Waals surface area contributed by atoms with Gasteiger partial charge in [0.25, 0.3) is 0 Å². The van der Waals surface area contributed by atoms with Crippen molar-refractivity contribution in [2.75, 3.05) is 18.9 Å². The van der Waals surface area contributed by atoms with Crippen molar-refractivity contribution in [2.24, 2.45) is 5.73 Å². The summed E-state index contributed by atoms with van der Waals surface area (Å²) in [6.45, 7) is 1.36. The number of para-hydroxylation sites is 1. The van der Waals surface area contributed by atoms with Crippen LogP contribution in [0.3, 0.4) is 0 Å². The molecule has 0 saturated heterocycles. The van der Waals surface area contributed by atoms with Crippen molar-refractivity contribution in [3.8, 4) is 0 Å². The summed E-state index contributed by atoms with van der Waals surface area (Å²) in [7, 11) is 2.18. The molecule has 144 valence electrons. The molecule has 1 aliphatic carbocycles. The number of unbranched alkanes of at least 4 members (excludes halogenated alkanes) is 1. The van der Waals surface area contributed by atoms with E-state index >= 15 is 0 Å². The third kappa shape index (κ3) is 7.04. The van der Waals surface area contributed by atoms with Crippen molar-refractivity contribution in [3.63, 3.8) is 0 Å². The van der Waals surface area contributed by atoms with Crippen molar-refractivity contribution in [1.29, 1.82) is 0 Å². The molecule has 1 aromatic carbocycles. The third-order valence-corrected chi connectivity index (χ3v) is 5.04. The fourth-order valence-corrected chi connectivity index (χ4v) is 3.53. The summed E-state index contributed by atoms with van der Waals surface area (Å²) in [6, 6.07) is 8.16. The molecule has 0 aromatic heterocycles. The van der Waals surface area contributed by atoms with Crippen molar-refractivity contribution in [2.45, 2.75) is 64.0 Å². The molecule has 26 heavy (non-hydrogen) atoms. The van der Waals surface area contributed by atoms with Gasteiger partial charge in [0.15, 0.2) is 0 Å². The Hall–Kier alpha value is -2.08. The zero-order chi connectivity index (χ0) is 18.8. The molecule has 6 heteroatoms. The Morgan fingerprint density at radius 1 is 1.15 bits per heavy atom. The first-order chi connectivity index (χ1) is 12.6. The quantitative estimate of drug-likeness (QED) is 0.591. The highest BCUT2D eigenvalue weighted by Crippen LogP contribution is 2.25. The zero-order valence-corrected chi connectivity index (χ0v) is 15.8. The number of carbonyl (C=O) groups is 2. The lowest BCUT2D eigenvalue weighted by Crippen LogP contribution is -2.33. The number of urea groups is 1. The molecule has 1 aromatic rings. The monoisotopic (exact) mass is 360 g/mol. The molecule has 0 radical (unpaired) electrons. The number of hydrogen-bond donors (Lipinski definition) is 3. The molecule has 0 spiro atoms. The highest BCUT2D eigenvalue weighted by atomic mass is 16.2. The molecule has 0 atom stereocenters. The van der Waals surface area contributed by atoms with Crippen LogP contribution in [0.2, 0.25) is 0 Å². The van der Waals surface area contributed by atoms with Gasteiger partial charge in [-0.3, -0.25) is 9.69 Å². The fraction of sp³-hybridized carbons (Fsp3) is 0.600. The minimum Gasteiger partial charge on any atom is -0.352 e. The number of nitrogens with two attached hydrogens (primary N) is 1. The van der Waals surface area contributed by atoms with E-state index in [0.717, 1.165) is 30.6 Å². The molecular formula is C20H32N4O2. The molecule has 1 fully saturated rings. The average Bonchev–Trinajstić information content (AvgIpc) is 2.63. The first-order valence-corrected chi connectivity index (χ1v) is 9.67. The largest absolute Gasteiger partial charge is 0.352 e. The summed E-state index contributed by atoms with van der Waals surface area (Å²) in [4.78, 5) is 25.2. The normalized spacial score (nSPS) is 15.0. The van der Waals surface area contributed by atoms with Gasteiger partial charge in [0.2, 0.25) is 5.91 Å². The van der Waals surface area contributed by atoms with Gasteiger partial charge in [-0.05, 0) is 44.4 Å². The Bertz CT molecular complexity index is 585. The van der Waals surface area contributed by atoms with Crippen LogP contribution in [0, 0.1) is 0 Å². The number of nitrogens with one attached hydrogen (secondary N) is 2. The van der Waals surface area contributed by atoms with Crippen LogP contribution < -0.4 is 16.4 Å². The van der Waals surface area contributed by atoms with Crippen LogP contribution in [0.5, 0.6) is 0 Å². The molecule has 0 bridgehead atoms. The van der Waals surface area contributed by atoms with Gasteiger partial charge in [0, 0.05) is 31.2 Å². The second kappa shape index (κ2) is 10.8. The lowest BCUT2D eigenvalue weighted by molar-refractivity contribution is -0.116. The van der Waals surface area contributed by atoms with Gasteiger partial charge in [-0.2, -0.15) is 0 Å². The molecule has 6 nitrogen and oxygen atoms in total. The Labute approximate surface area is 156 Å². The smallest absolute Gasteiger partial charge is 0.312 e. The second-order valence-corrected chi connectivity index (χ2v) is 7.16. The van der Waals surface area contributed by atoms with E-state index in [4.69, 9.17) is 5.73 Å². The number of carbonyl (C=O) groups excluding carboxylic acids is 2. The zero-order valence-electron chi connectivity index (χ0n) is 15.8. The average molecular weight is 361 g/mol. The third-order valence-electron chi connectivity index (χ3n) is 5.04. The summed E-state index contributed by atoms with van der Waals surface area (Å²) in [5.41, 5.74) is 7.07. The lowest BCUT2D eigenvalue weighted by Gasteiger charge is -2.31. The number of anilines is 1. The van der Waals surface area contributed by atoms with Gasteiger partial charge in [0.1, 0.15) is 0 Å². The van der Waals surface area contributed by atoms with Gasteiger partial charge in [-0.25, -0.2) is 4.79 Å². The van der Waals surface area contributed by atoms with E-state index in [2.05, 4.69) is 28.6 Å². The Kier molecular flexibility index (Phi) is 8.41. The fourth-order valence-electron chi connectivity index (χ4n) is 3.53. The first-order valence-electron chi connectivity index (χ1n) is 9.67. The molecule has 1 aliphatic rings. The molecule has 1 saturated carbocycles. The lowest BCUT2D eigenvalue weighted by atomic mass is 9.94. The SMILES string of the molecule is CN(Cc1ccccc1NC(=O)CCCCNC(N)=O)C1CCCCC1. The molecule has 2 rings (SSSR count). The maximum absolute atomic E-state index is 12.2. The van der Waals surface area contributed by atoms with Crippen molar-refractivity contribution < 1.29 is 9.59 Å². The number of rotatable bonds is 9. The summed E-state index contributed by atoms with van der Waals surface area (Å²) in [5, 5.41) is 5.57. The van der Waals surface area contributed by atoms with Crippen LogP contribution in [-0.4, -0.2) is 36.5 Å². The predicted molar refractivity (Wildman–Crippen MR) is 105 cm³/mol. The van der Waals surface area contributed by atoms with Gasteiger partial charge in [-0.15, -0.1) is 0 Å². The van der Waals surface area contributed by atoms with E-state index < -0.39 is 6.03 Å². The Balaban J connectivity index is 1.81. The van der Waals surface area contributed by atoms with Crippen LogP contribution >= 0.6 is 0 Å². The van der Waals surface area contributed by atoms with E-state index in [9.17, 15) is 9.59 Å². The standard InChI is InChI=1S/C20H32N4O2/c1-24(17-10-3-2-4-11-17)15-16-9-5-6-12-18(16)23-19(25)13-7-8-14-22-20(21)26/h5-6,9,12,17H,2-4,7-8,10-11,13-15H2,1H3,(H,23,25)(H3,21,22,26). The number of hydrogen-bond acceptors (Lipinski definition) is 3. The van der Waals surface area contributed by atoms with E-state index in [1.807, 2.05) is 18.2 Å². The van der Waals surface area contributed by atoms with E-state index in [0.29, 0.717) is 19.0 Å². The van der Waals surface area contributed by atoms with Gasteiger partial charge < -0.3 is 16.4 Å². The molecule has 0 heterocycles. The van der Waals surface area contributed by atoms with E-state index in [1.54, 1.807) is 0 Å². The summed E-state index contributed by atoms with van der Waals surface area (Å²) < 4.78 is 0. The van der Waals surface area contributed by atoms with Crippen LogP contribution in [0.4, 0.5) is 10.5 Å². The maximum atomic E-state index is 12.2. The van der Waals surface area contributed by atoms with Gasteiger partial charge in [-0.1, -0.05) is 37.5 Å². The minimum absolute atomic E-state index is 0.0110. The number of benzene rings is 1. The van der Waals surface area contributed by atoms with E-state index in [-0.39, 0.29) is 5.91 Å². The second-order valence-electron chi connectivity index (χ2n) is 7.16. The highest BCUT2D eigenvalue weighted by molar-refractivity contribution is 5.91. The van der Waals surface area contributed by atoms with Crippen LogP contribution in [0.1, 0.15) is 56.9 Å². The summed E-state index contributed by atoms with van der Waals surface area (Å²) in [5.74, 6) is 0.0110. The number of amides is 3. The van der Waals surface area contributed by atoms with Crippen molar-refractivity contribution in [3.05, 3.63) is 29.8 Å². The molecule has 0 aliphatic heterocycles. The maximum Gasteiger partial charge on any atom is 0.312 e. The van der Waals surface area contributed by atoms with Gasteiger partial charge >= 0.3 is 6.03 Å². The number of primary amides is 1. The molecule has 3 amide bonds.